The van der Waals surface area contributed by atoms with Crippen molar-refractivity contribution in [1.82, 2.24) is 20.0 Å². The van der Waals surface area contributed by atoms with Gasteiger partial charge in [0, 0.05) is 30.2 Å². The second kappa shape index (κ2) is 20.4. The summed E-state index contributed by atoms with van der Waals surface area (Å²) in [4.78, 5) is 14.5. The number of unbranched alkanes of at least 4 members (excludes halogenated alkanes) is 1. The SMILES string of the molecule is CC(=O)NC1CC(N(CCCCS(=O)(=O)[O-])C(C)C)CCC1N=Nc1c(C#N)c(C(C)(C)C)nn1C1C(Cl)CC(S(=O)(=O)[O-])CC1Cl.[K+].[K+]. The zero-order chi connectivity index (χ0) is 35.5. The molecule has 0 aromatic carbocycles. The molecule has 0 bridgehead atoms. The van der Waals surface area contributed by atoms with Crippen LogP contribution >= 0.6 is 23.2 Å². The Morgan fingerprint density at radius 1 is 1.10 bits per heavy atom. The molecule has 3 rings (SSSR count). The number of hydrogen-bond acceptors (Lipinski definition) is 12. The third-order valence-electron chi connectivity index (χ3n) is 8.78. The summed E-state index contributed by atoms with van der Waals surface area (Å²) in [6, 6.07) is 0.726. The van der Waals surface area contributed by atoms with E-state index in [1.165, 1.54) is 11.6 Å². The molecule has 2 saturated carbocycles. The van der Waals surface area contributed by atoms with E-state index in [1.807, 2.05) is 34.6 Å². The third-order valence-corrected chi connectivity index (χ3v) is 11.6. The number of carbonyl (C=O) groups excluding carboxylic acids is 1. The Morgan fingerprint density at radius 3 is 2.16 bits per heavy atom. The number of rotatable bonds is 12. The van der Waals surface area contributed by atoms with Gasteiger partial charge in [0.1, 0.15) is 11.6 Å². The molecule has 1 aromatic rings. The molecule has 0 saturated heterocycles. The van der Waals surface area contributed by atoms with E-state index < -0.39 is 65.5 Å². The van der Waals surface area contributed by atoms with Crippen LogP contribution in [-0.2, 0) is 30.4 Å². The molecule has 1 heterocycles. The number of nitrogens with one attached hydrogen (secondary N) is 1. The number of hydrogen-bond donors (Lipinski definition) is 1. The van der Waals surface area contributed by atoms with Crippen molar-refractivity contribution in [2.45, 2.75) is 138 Å². The minimum absolute atomic E-state index is 0. The fourth-order valence-electron chi connectivity index (χ4n) is 6.56. The topological polar surface area (TPSA) is 213 Å². The van der Waals surface area contributed by atoms with Gasteiger partial charge in [-0.05, 0) is 65.3 Å². The predicted molar refractivity (Wildman–Crippen MR) is 176 cm³/mol. The van der Waals surface area contributed by atoms with Crippen LogP contribution in [0.2, 0.25) is 0 Å². The minimum Gasteiger partial charge on any atom is -0.748 e. The van der Waals surface area contributed by atoms with Crippen LogP contribution in [-0.4, -0.2) is 99.0 Å². The van der Waals surface area contributed by atoms with Crippen LogP contribution in [0.4, 0.5) is 5.82 Å². The first kappa shape index (κ1) is 48.4. The van der Waals surface area contributed by atoms with Crippen molar-refractivity contribution in [2.75, 3.05) is 12.3 Å². The molecule has 5 unspecified atom stereocenters. The van der Waals surface area contributed by atoms with Crippen molar-refractivity contribution in [2.24, 2.45) is 10.2 Å². The van der Waals surface area contributed by atoms with E-state index in [-0.39, 0.29) is 151 Å². The number of nitrogens with zero attached hydrogens (tertiary/aromatic N) is 6. The predicted octanol–water partition coefficient (Wildman–Crippen LogP) is -1.93. The fraction of sp³-hybridized carbons (Fsp3) is 0.828. The molecule has 1 amide bonds. The van der Waals surface area contributed by atoms with Crippen molar-refractivity contribution in [3.63, 3.8) is 0 Å². The van der Waals surface area contributed by atoms with Gasteiger partial charge in [-0.3, -0.25) is 9.69 Å². The van der Waals surface area contributed by atoms with Gasteiger partial charge in [0.2, 0.25) is 5.91 Å². The molecule has 0 spiro atoms. The van der Waals surface area contributed by atoms with Gasteiger partial charge in [0.25, 0.3) is 0 Å². The molecule has 0 radical (unpaired) electrons. The Balaban J connectivity index is 0.00000600. The van der Waals surface area contributed by atoms with Gasteiger partial charge in [0.05, 0.1) is 60.1 Å². The normalized spacial score (nSPS) is 26.6. The smallest absolute Gasteiger partial charge is 0.748 e. The maximum Gasteiger partial charge on any atom is 1.00 e. The van der Waals surface area contributed by atoms with Crippen LogP contribution in [0, 0.1) is 11.3 Å². The standard InChI is InChI=1S/C29H47Cl2N7O7S2.2K/c1-17(2)37(11-7-8-12-46(40,41)42)19-9-10-24(25(13-19)33-18(3)39)34-35-28-21(16-32)27(29(4,5)6)36-38(28)26-22(30)14-20(15-23(26)31)47(43,44)45;;/h17,19-20,22-26H,7-15H2,1-6H3,(H,33,39)(H,40,41,42)(H,43,44,45);;/q;2*+1/p-2. The maximum atomic E-state index is 12.3. The van der Waals surface area contributed by atoms with Crippen molar-refractivity contribution < 1.29 is 134 Å². The van der Waals surface area contributed by atoms with Crippen LogP contribution in [0.5, 0.6) is 0 Å². The molecular formula is C29H45Cl2K2N7O7S2. The second-order valence-corrected chi connectivity index (χ2v) is 18.1. The molecule has 2 aliphatic carbocycles. The molecule has 5 atom stereocenters. The maximum absolute atomic E-state index is 12.3. The Kier molecular flexibility index (Phi) is 20.1. The Morgan fingerprint density at radius 2 is 1.69 bits per heavy atom. The summed E-state index contributed by atoms with van der Waals surface area (Å²) in [5.74, 6) is -0.541. The van der Waals surface area contributed by atoms with E-state index in [0.717, 1.165) is 0 Å². The van der Waals surface area contributed by atoms with Gasteiger partial charge in [-0.15, -0.1) is 28.3 Å². The Labute approximate surface area is 386 Å². The molecule has 2 fully saturated rings. The summed E-state index contributed by atoms with van der Waals surface area (Å²) >= 11 is 13.3. The number of amides is 1. The van der Waals surface area contributed by atoms with Gasteiger partial charge >= 0.3 is 103 Å². The quantitative estimate of drug-likeness (QED) is 0.0812. The van der Waals surface area contributed by atoms with Gasteiger partial charge in [-0.2, -0.15) is 15.5 Å². The number of azo groups is 1. The molecule has 14 nitrogen and oxygen atoms in total. The second-order valence-electron chi connectivity index (χ2n) is 13.8. The van der Waals surface area contributed by atoms with Crippen molar-refractivity contribution in [3.8, 4) is 6.07 Å². The van der Waals surface area contributed by atoms with Crippen molar-refractivity contribution >= 4 is 55.2 Å². The van der Waals surface area contributed by atoms with Gasteiger partial charge < -0.3 is 14.4 Å². The van der Waals surface area contributed by atoms with E-state index in [2.05, 4.69) is 26.5 Å². The summed E-state index contributed by atoms with van der Waals surface area (Å²) in [5, 5.41) is 24.1. The third kappa shape index (κ3) is 13.9. The molecule has 266 valence electrons. The number of carbonyl (C=O) groups is 1. The average molecular weight is 817 g/mol. The first-order valence-electron chi connectivity index (χ1n) is 15.8. The molecule has 20 heteroatoms. The molecule has 1 N–H and O–H groups in total. The summed E-state index contributed by atoms with van der Waals surface area (Å²) in [6.45, 7) is 11.7. The van der Waals surface area contributed by atoms with E-state index in [1.54, 1.807) is 0 Å². The summed E-state index contributed by atoms with van der Waals surface area (Å²) in [7, 11) is -8.91. The number of alkyl halides is 2. The van der Waals surface area contributed by atoms with Crippen LogP contribution in [0.15, 0.2) is 10.2 Å². The van der Waals surface area contributed by atoms with Gasteiger partial charge in [-0.25, -0.2) is 21.5 Å². The van der Waals surface area contributed by atoms with Crippen molar-refractivity contribution in [1.29, 1.82) is 5.26 Å². The average Bonchev–Trinajstić information content (AvgIpc) is 3.29. The van der Waals surface area contributed by atoms with E-state index >= 15 is 0 Å². The molecule has 0 aliphatic heterocycles. The molecule has 2 aliphatic rings. The molecular weight excluding hydrogens is 772 g/mol. The minimum atomic E-state index is -4.63. The van der Waals surface area contributed by atoms with E-state index in [4.69, 9.17) is 28.3 Å². The van der Waals surface area contributed by atoms with Crippen LogP contribution in [0.1, 0.15) is 104 Å². The monoisotopic (exact) mass is 815 g/mol. The van der Waals surface area contributed by atoms with E-state index in [9.17, 15) is 36.0 Å². The van der Waals surface area contributed by atoms with Gasteiger partial charge in [0.15, 0.2) is 5.82 Å². The van der Waals surface area contributed by atoms with Crippen LogP contribution < -0.4 is 108 Å². The zero-order valence-electron chi connectivity index (χ0n) is 29.6. The van der Waals surface area contributed by atoms with Gasteiger partial charge in [-0.1, -0.05) is 20.8 Å². The number of halogens is 2. The van der Waals surface area contributed by atoms with Crippen LogP contribution in [0.3, 0.4) is 0 Å². The fourth-order valence-corrected chi connectivity index (χ4v) is 9.28. The Bertz CT molecular complexity index is 1550. The first-order valence-corrected chi connectivity index (χ1v) is 19.7. The number of nitriles is 1. The first-order chi connectivity index (χ1) is 21.6. The molecule has 1 aromatic heterocycles. The number of aromatic nitrogens is 2. The van der Waals surface area contributed by atoms with Crippen molar-refractivity contribution in [3.05, 3.63) is 11.3 Å². The molecule has 49 heavy (non-hydrogen) atoms. The van der Waals surface area contributed by atoms with Crippen LogP contribution in [0.25, 0.3) is 0 Å². The summed E-state index contributed by atoms with van der Waals surface area (Å²) in [6.07, 6.45) is 2.31. The summed E-state index contributed by atoms with van der Waals surface area (Å²) < 4.78 is 69.9. The van der Waals surface area contributed by atoms with E-state index in [0.29, 0.717) is 37.9 Å². The summed E-state index contributed by atoms with van der Waals surface area (Å²) in [5.41, 5.74) is 0.0115. The Hall–Kier alpha value is 1.40. The largest absolute Gasteiger partial charge is 1.00 e. The zero-order valence-corrected chi connectivity index (χ0v) is 39.0.